The van der Waals surface area contributed by atoms with Crippen molar-refractivity contribution in [1.82, 2.24) is 4.31 Å². The molecule has 0 saturated heterocycles. The van der Waals surface area contributed by atoms with Gasteiger partial charge in [0.25, 0.3) is 0 Å². The summed E-state index contributed by atoms with van der Waals surface area (Å²) in [6, 6.07) is 8.46. The van der Waals surface area contributed by atoms with E-state index >= 15 is 0 Å². The average molecular weight is 266 g/mol. The summed E-state index contributed by atoms with van der Waals surface area (Å²) >= 11 is 0. The molecule has 0 aromatic heterocycles. The van der Waals surface area contributed by atoms with Crippen molar-refractivity contribution in [2.45, 2.75) is 38.1 Å². The molecule has 4 nitrogen and oxygen atoms in total. The first-order valence-corrected chi connectivity index (χ1v) is 7.35. The Labute approximate surface area is 109 Å². The average Bonchev–Trinajstić information content (AvgIpc) is 2.30. The summed E-state index contributed by atoms with van der Waals surface area (Å²) in [7, 11) is -3.43. The zero-order chi connectivity index (χ0) is 13.8. The maximum absolute atomic E-state index is 12.3. The number of hydrogen-bond donors (Lipinski definition) is 0. The number of nitriles is 1. The topological polar surface area (TPSA) is 61.2 Å². The molecule has 0 bridgehead atoms. The molecule has 0 aliphatic heterocycles. The van der Waals surface area contributed by atoms with Gasteiger partial charge in [-0.25, -0.2) is 8.42 Å². The molecule has 0 amide bonds. The molecule has 0 N–H and O–H groups in total. The molecule has 5 heteroatoms. The quantitative estimate of drug-likeness (QED) is 0.820. The third kappa shape index (κ3) is 3.09. The fraction of sp³-hybridized carbons (Fsp3) is 0.462. The van der Waals surface area contributed by atoms with Crippen molar-refractivity contribution in [1.29, 1.82) is 5.26 Å². The van der Waals surface area contributed by atoms with Gasteiger partial charge in [-0.1, -0.05) is 19.1 Å². The van der Waals surface area contributed by atoms with Crippen LogP contribution in [0.5, 0.6) is 0 Å². The van der Waals surface area contributed by atoms with Crippen LogP contribution in [0, 0.1) is 11.3 Å². The van der Waals surface area contributed by atoms with Gasteiger partial charge in [0, 0.05) is 12.6 Å². The lowest BCUT2D eigenvalue weighted by Crippen LogP contribution is -2.36. The summed E-state index contributed by atoms with van der Waals surface area (Å²) in [6.07, 6.45) is 0.294. The van der Waals surface area contributed by atoms with Gasteiger partial charge in [0.1, 0.15) is 0 Å². The highest BCUT2D eigenvalue weighted by Crippen LogP contribution is 2.18. The van der Waals surface area contributed by atoms with Crippen molar-refractivity contribution in [2.24, 2.45) is 0 Å². The molecule has 0 spiro atoms. The molecule has 0 atom stereocenters. The van der Waals surface area contributed by atoms with Crippen molar-refractivity contribution in [3.63, 3.8) is 0 Å². The minimum Gasteiger partial charge on any atom is -0.207 e. The van der Waals surface area contributed by atoms with E-state index in [2.05, 4.69) is 0 Å². The number of rotatable bonds is 5. The van der Waals surface area contributed by atoms with Gasteiger partial charge in [-0.15, -0.1) is 0 Å². The zero-order valence-electron chi connectivity index (χ0n) is 10.9. The molecule has 0 aliphatic rings. The predicted octanol–water partition coefficient (Wildman–Crippen LogP) is 2.17. The van der Waals surface area contributed by atoms with E-state index in [1.807, 2.05) is 26.8 Å². The highest BCUT2D eigenvalue weighted by Gasteiger charge is 2.25. The molecular formula is C13H18N2O2S. The van der Waals surface area contributed by atoms with E-state index in [0.29, 0.717) is 13.0 Å². The van der Waals surface area contributed by atoms with Gasteiger partial charge in [-0.05, 0) is 31.5 Å². The Bertz CT molecular complexity index is 527. The summed E-state index contributed by atoms with van der Waals surface area (Å²) in [5.74, 6) is 0. The lowest BCUT2D eigenvalue weighted by atomic mass is 10.2. The third-order valence-electron chi connectivity index (χ3n) is 2.70. The van der Waals surface area contributed by atoms with E-state index in [-0.39, 0.29) is 10.9 Å². The van der Waals surface area contributed by atoms with Crippen LogP contribution in [0.3, 0.4) is 0 Å². The van der Waals surface area contributed by atoms with E-state index < -0.39 is 10.0 Å². The summed E-state index contributed by atoms with van der Waals surface area (Å²) < 4.78 is 26.1. The van der Waals surface area contributed by atoms with Crippen molar-refractivity contribution < 1.29 is 8.42 Å². The van der Waals surface area contributed by atoms with Crippen LogP contribution in [0.4, 0.5) is 0 Å². The van der Waals surface area contributed by atoms with E-state index in [0.717, 1.165) is 5.56 Å². The summed E-state index contributed by atoms with van der Waals surface area (Å²) in [5.41, 5.74) is 0.823. The molecule has 1 aromatic rings. The highest BCUT2D eigenvalue weighted by molar-refractivity contribution is 7.89. The Morgan fingerprint density at radius 3 is 2.22 bits per heavy atom. The molecule has 98 valence electrons. The molecule has 18 heavy (non-hydrogen) atoms. The number of benzene rings is 1. The van der Waals surface area contributed by atoms with Gasteiger partial charge in [0.2, 0.25) is 10.0 Å². The molecule has 1 rings (SSSR count). The van der Waals surface area contributed by atoms with Crippen molar-refractivity contribution in [3.8, 4) is 6.07 Å². The van der Waals surface area contributed by atoms with E-state index in [9.17, 15) is 8.42 Å². The van der Waals surface area contributed by atoms with Gasteiger partial charge in [0.15, 0.2) is 0 Å². The Hall–Kier alpha value is -1.38. The minimum atomic E-state index is -3.43. The summed E-state index contributed by atoms with van der Waals surface area (Å²) in [5, 5.41) is 8.57. The van der Waals surface area contributed by atoms with Gasteiger partial charge in [-0.3, -0.25) is 0 Å². The Morgan fingerprint density at radius 1 is 1.28 bits per heavy atom. The second-order valence-electron chi connectivity index (χ2n) is 4.28. The standard InChI is InChI=1S/C13H18N2O2S/c1-4-15(11(2)3)18(16,17)13-7-5-12(6-8-13)9-10-14/h5-8,11H,4,9H2,1-3H3. The largest absolute Gasteiger partial charge is 0.243 e. The first-order valence-electron chi connectivity index (χ1n) is 5.91. The molecule has 0 unspecified atom stereocenters. The number of nitrogens with zero attached hydrogens (tertiary/aromatic N) is 2. The van der Waals surface area contributed by atoms with Crippen molar-refractivity contribution in [2.75, 3.05) is 6.54 Å². The molecule has 0 fully saturated rings. The Kier molecular flexibility index (Phi) is 4.88. The summed E-state index contributed by atoms with van der Waals surface area (Å²) in [4.78, 5) is 0.278. The monoisotopic (exact) mass is 266 g/mol. The van der Waals surface area contributed by atoms with Crippen molar-refractivity contribution in [3.05, 3.63) is 29.8 Å². The smallest absolute Gasteiger partial charge is 0.207 e. The van der Waals surface area contributed by atoms with Gasteiger partial charge in [0.05, 0.1) is 17.4 Å². The molecule has 0 heterocycles. The minimum absolute atomic E-state index is 0.0706. The Balaban J connectivity index is 3.09. The van der Waals surface area contributed by atoms with Crippen LogP contribution in [0.25, 0.3) is 0 Å². The number of hydrogen-bond acceptors (Lipinski definition) is 3. The fourth-order valence-corrected chi connectivity index (χ4v) is 3.46. The lowest BCUT2D eigenvalue weighted by molar-refractivity contribution is 0.369. The van der Waals surface area contributed by atoms with E-state index in [4.69, 9.17) is 5.26 Å². The highest BCUT2D eigenvalue weighted by atomic mass is 32.2. The maximum atomic E-state index is 12.3. The normalized spacial score (nSPS) is 11.8. The van der Waals surface area contributed by atoms with Crippen LogP contribution in [0.2, 0.25) is 0 Å². The zero-order valence-corrected chi connectivity index (χ0v) is 11.7. The first-order chi connectivity index (χ1) is 8.43. The van der Waals surface area contributed by atoms with E-state index in [1.165, 1.54) is 4.31 Å². The second kappa shape index (κ2) is 5.98. The van der Waals surface area contributed by atoms with Crippen LogP contribution >= 0.6 is 0 Å². The molecule has 0 radical (unpaired) electrons. The van der Waals surface area contributed by atoms with Gasteiger partial charge >= 0.3 is 0 Å². The molecule has 0 saturated carbocycles. The second-order valence-corrected chi connectivity index (χ2v) is 6.17. The SMILES string of the molecule is CCN(C(C)C)S(=O)(=O)c1ccc(CC#N)cc1. The van der Waals surface area contributed by atoms with Crippen LogP contribution in [-0.4, -0.2) is 25.3 Å². The van der Waals surface area contributed by atoms with Crippen LogP contribution in [-0.2, 0) is 16.4 Å². The molecule has 0 aliphatic carbocycles. The van der Waals surface area contributed by atoms with Crippen LogP contribution < -0.4 is 0 Å². The third-order valence-corrected chi connectivity index (χ3v) is 4.87. The van der Waals surface area contributed by atoms with Crippen LogP contribution in [0.1, 0.15) is 26.3 Å². The Morgan fingerprint density at radius 2 is 1.83 bits per heavy atom. The van der Waals surface area contributed by atoms with E-state index in [1.54, 1.807) is 24.3 Å². The fourth-order valence-electron chi connectivity index (χ4n) is 1.82. The molecular weight excluding hydrogens is 248 g/mol. The van der Waals surface area contributed by atoms with Crippen molar-refractivity contribution >= 4 is 10.0 Å². The van der Waals surface area contributed by atoms with Crippen LogP contribution in [0.15, 0.2) is 29.2 Å². The first kappa shape index (κ1) is 14.7. The maximum Gasteiger partial charge on any atom is 0.243 e. The lowest BCUT2D eigenvalue weighted by Gasteiger charge is -2.24. The number of sulfonamides is 1. The summed E-state index contributed by atoms with van der Waals surface area (Å²) in [6.45, 7) is 5.97. The predicted molar refractivity (Wildman–Crippen MR) is 70.5 cm³/mol. The van der Waals surface area contributed by atoms with Gasteiger partial charge < -0.3 is 0 Å². The van der Waals surface area contributed by atoms with Gasteiger partial charge in [-0.2, -0.15) is 9.57 Å². The molecule has 1 aromatic carbocycles.